The highest BCUT2D eigenvalue weighted by molar-refractivity contribution is 7.10. The topological polar surface area (TPSA) is 84.5 Å². The second-order valence-corrected chi connectivity index (χ2v) is 6.72. The Bertz CT molecular complexity index is 756. The van der Waals surface area contributed by atoms with Crippen molar-refractivity contribution in [1.29, 1.82) is 0 Å². The van der Waals surface area contributed by atoms with Gasteiger partial charge in [0.1, 0.15) is 0 Å². The van der Waals surface area contributed by atoms with Crippen LogP contribution in [0.1, 0.15) is 35.1 Å². The number of ether oxygens (including phenoxy) is 1. The first-order valence-electron chi connectivity index (χ1n) is 7.76. The monoisotopic (exact) mass is 360 g/mol. The summed E-state index contributed by atoms with van der Waals surface area (Å²) in [5, 5.41) is 7.18. The minimum atomic E-state index is -0.788. The third-order valence-electron chi connectivity index (χ3n) is 3.55. The Morgan fingerprint density at radius 3 is 2.44 bits per heavy atom. The van der Waals surface area contributed by atoms with Crippen molar-refractivity contribution in [3.8, 4) is 0 Å². The Kier molecular flexibility index (Phi) is 6.30. The van der Waals surface area contributed by atoms with E-state index in [0.29, 0.717) is 11.3 Å². The molecule has 1 atom stereocenters. The van der Waals surface area contributed by atoms with Crippen LogP contribution in [0.15, 0.2) is 41.8 Å². The summed E-state index contributed by atoms with van der Waals surface area (Å²) in [7, 11) is 1.28. The van der Waals surface area contributed by atoms with Crippen LogP contribution in [-0.4, -0.2) is 24.9 Å². The van der Waals surface area contributed by atoms with Crippen molar-refractivity contribution >= 4 is 34.8 Å². The summed E-state index contributed by atoms with van der Waals surface area (Å²) in [6.45, 7) is 3.95. The van der Waals surface area contributed by atoms with Gasteiger partial charge in [0.2, 0.25) is 0 Å². The van der Waals surface area contributed by atoms with Crippen LogP contribution in [0.5, 0.6) is 0 Å². The van der Waals surface area contributed by atoms with Crippen molar-refractivity contribution in [2.75, 3.05) is 12.4 Å². The van der Waals surface area contributed by atoms with Crippen molar-refractivity contribution in [2.24, 2.45) is 5.92 Å². The molecule has 2 aromatic rings. The molecule has 2 amide bonds. The van der Waals surface area contributed by atoms with Gasteiger partial charge in [0, 0.05) is 10.6 Å². The molecule has 2 N–H and O–H groups in total. The molecular weight excluding hydrogens is 340 g/mol. The van der Waals surface area contributed by atoms with E-state index in [0.717, 1.165) is 4.88 Å². The molecule has 2 rings (SSSR count). The van der Waals surface area contributed by atoms with Crippen LogP contribution < -0.4 is 10.6 Å². The number of hydrogen-bond acceptors (Lipinski definition) is 5. The highest BCUT2D eigenvalue weighted by Gasteiger charge is 2.23. The fourth-order valence-corrected chi connectivity index (χ4v) is 3.22. The van der Waals surface area contributed by atoms with Gasteiger partial charge >= 0.3 is 17.8 Å². The highest BCUT2D eigenvalue weighted by atomic mass is 32.1. The summed E-state index contributed by atoms with van der Waals surface area (Å²) in [4.78, 5) is 36.9. The number of methoxy groups -OCH3 is 1. The van der Waals surface area contributed by atoms with E-state index in [1.165, 1.54) is 24.5 Å². The van der Waals surface area contributed by atoms with Gasteiger partial charge in [-0.15, -0.1) is 11.3 Å². The summed E-state index contributed by atoms with van der Waals surface area (Å²) in [5.41, 5.74) is 0.639. The Morgan fingerprint density at radius 2 is 1.84 bits per heavy atom. The Hall–Kier alpha value is -2.67. The molecule has 0 bridgehead atoms. The van der Waals surface area contributed by atoms with Gasteiger partial charge in [-0.1, -0.05) is 26.0 Å². The van der Waals surface area contributed by atoms with Gasteiger partial charge < -0.3 is 15.4 Å². The Morgan fingerprint density at radius 1 is 1.08 bits per heavy atom. The van der Waals surface area contributed by atoms with E-state index in [1.54, 1.807) is 18.2 Å². The molecule has 0 aliphatic rings. The van der Waals surface area contributed by atoms with Crippen LogP contribution in [0.25, 0.3) is 0 Å². The van der Waals surface area contributed by atoms with E-state index in [4.69, 9.17) is 0 Å². The molecular formula is C18H20N2O4S. The molecule has 25 heavy (non-hydrogen) atoms. The Labute approximate surface area is 150 Å². The lowest BCUT2D eigenvalue weighted by Crippen LogP contribution is -2.39. The van der Waals surface area contributed by atoms with Crippen LogP contribution in [0.4, 0.5) is 5.69 Å². The molecule has 132 valence electrons. The molecule has 0 saturated carbocycles. The zero-order valence-corrected chi connectivity index (χ0v) is 15.1. The fraction of sp³-hybridized carbons (Fsp3) is 0.278. The molecule has 7 heteroatoms. The molecule has 1 aromatic heterocycles. The zero-order valence-electron chi connectivity index (χ0n) is 14.2. The van der Waals surface area contributed by atoms with E-state index in [1.807, 2.05) is 31.4 Å². The van der Waals surface area contributed by atoms with Gasteiger partial charge in [-0.05, 0) is 35.6 Å². The molecule has 0 aliphatic carbocycles. The standard InChI is InChI=1S/C18H20N2O4S/c1-11(2)15(14-8-5-9-25-14)20-17(22)16(21)19-13-7-4-6-12(10-13)18(23)24-3/h4-11,15H,1-3H3,(H,19,21)(H,20,22)/t15-/m0/s1. The zero-order chi connectivity index (χ0) is 18.4. The minimum Gasteiger partial charge on any atom is -0.465 e. The van der Waals surface area contributed by atoms with Crippen molar-refractivity contribution in [1.82, 2.24) is 5.32 Å². The normalized spacial score (nSPS) is 11.7. The first-order chi connectivity index (χ1) is 11.9. The average Bonchev–Trinajstić information content (AvgIpc) is 3.12. The lowest BCUT2D eigenvalue weighted by Gasteiger charge is -2.20. The number of rotatable bonds is 5. The van der Waals surface area contributed by atoms with E-state index < -0.39 is 17.8 Å². The van der Waals surface area contributed by atoms with Gasteiger partial charge in [0.05, 0.1) is 18.7 Å². The van der Waals surface area contributed by atoms with Crippen LogP contribution in [0.3, 0.4) is 0 Å². The summed E-state index contributed by atoms with van der Waals surface area (Å²) in [6.07, 6.45) is 0. The van der Waals surface area contributed by atoms with E-state index in [9.17, 15) is 14.4 Å². The van der Waals surface area contributed by atoms with Gasteiger partial charge in [-0.25, -0.2) is 4.79 Å². The number of esters is 1. The van der Waals surface area contributed by atoms with Crippen molar-refractivity contribution < 1.29 is 19.1 Å². The van der Waals surface area contributed by atoms with Crippen molar-refractivity contribution in [3.63, 3.8) is 0 Å². The molecule has 0 aliphatic heterocycles. The van der Waals surface area contributed by atoms with E-state index in [-0.39, 0.29) is 12.0 Å². The summed E-state index contributed by atoms with van der Waals surface area (Å²) < 4.78 is 4.63. The molecule has 0 fully saturated rings. The number of benzene rings is 1. The predicted molar refractivity (Wildman–Crippen MR) is 96.5 cm³/mol. The average molecular weight is 360 g/mol. The first-order valence-corrected chi connectivity index (χ1v) is 8.64. The quantitative estimate of drug-likeness (QED) is 0.634. The van der Waals surface area contributed by atoms with Gasteiger partial charge in [0.15, 0.2) is 0 Å². The molecule has 6 nitrogen and oxygen atoms in total. The van der Waals surface area contributed by atoms with E-state index >= 15 is 0 Å². The van der Waals surface area contributed by atoms with Crippen LogP contribution in [-0.2, 0) is 14.3 Å². The molecule has 0 unspecified atom stereocenters. The lowest BCUT2D eigenvalue weighted by molar-refractivity contribution is -0.136. The number of carbonyl (C=O) groups excluding carboxylic acids is 3. The molecule has 0 radical (unpaired) electrons. The SMILES string of the molecule is COC(=O)c1cccc(NC(=O)C(=O)N[C@H](c2cccs2)C(C)C)c1. The predicted octanol–water partition coefficient (Wildman–Crippen LogP) is 2.99. The molecule has 1 heterocycles. The summed E-state index contributed by atoms with van der Waals surface area (Å²) in [5.74, 6) is -1.89. The molecule has 0 spiro atoms. The van der Waals surface area contributed by atoms with Crippen molar-refractivity contribution in [3.05, 3.63) is 52.2 Å². The first kappa shape index (κ1) is 18.7. The maximum atomic E-state index is 12.2. The maximum Gasteiger partial charge on any atom is 0.337 e. The van der Waals surface area contributed by atoms with Gasteiger partial charge in [0.25, 0.3) is 0 Å². The number of carbonyl (C=O) groups is 3. The maximum absolute atomic E-state index is 12.2. The fourth-order valence-electron chi connectivity index (χ4n) is 2.27. The molecule has 0 saturated heterocycles. The lowest BCUT2D eigenvalue weighted by atomic mass is 10.0. The van der Waals surface area contributed by atoms with Crippen LogP contribution >= 0.6 is 11.3 Å². The molecule has 1 aromatic carbocycles. The summed E-state index contributed by atoms with van der Waals surface area (Å²) >= 11 is 1.53. The third-order valence-corrected chi connectivity index (χ3v) is 4.51. The number of thiophene rings is 1. The van der Waals surface area contributed by atoms with Crippen LogP contribution in [0.2, 0.25) is 0 Å². The number of anilines is 1. The number of amides is 2. The minimum absolute atomic E-state index is 0.137. The van der Waals surface area contributed by atoms with Gasteiger partial charge in [-0.3, -0.25) is 9.59 Å². The second-order valence-electron chi connectivity index (χ2n) is 5.74. The number of hydrogen-bond donors (Lipinski definition) is 2. The third kappa shape index (κ3) is 4.90. The largest absolute Gasteiger partial charge is 0.465 e. The van der Waals surface area contributed by atoms with Crippen LogP contribution in [0, 0.1) is 5.92 Å². The number of nitrogens with one attached hydrogen (secondary N) is 2. The van der Waals surface area contributed by atoms with Gasteiger partial charge in [-0.2, -0.15) is 0 Å². The Balaban J connectivity index is 2.05. The smallest absolute Gasteiger partial charge is 0.337 e. The van der Waals surface area contributed by atoms with E-state index in [2.05, 4.69) is 15.4 Å². The van der Waals surface area contributed by atoms with Crippen molar-refractivity contribution in [2.45, 2.75) is 19.9 Å². The highest BCUT2D eigenvalue weighted by Crippen LogP contribution is 2.25. The second kappa shape index (κ2) is 8.43. The summed E-state index contributed by atoms with van der Waals surface area (Å²) in [6, 6.07) is 9.80.